The van der Waals surface area contributed by atoms with Crippen molar-refractivity contribution in [2.45, 2.75) is 17.1 Å². The van der Waals surface area contributed by atoms with Gasteiger partial charge in [0.1, 0.15) is 16.5 Å². The summed E-state index contributed by atoms with van der Waals surface area (Å²) in [5.41, 5.74) is 1.53. The van der Waals surface area contributed by atoms with E-state index >= 15 is 0 Å². The van der Waals surface area contributed by atoms with Crippen LogP contribution in [0.2, 0.25) is 0 Å². The Morgan fingerprint density at radius 2 is 2.00 bits per heavy atom. The third-order valence-corrected chi connectivity index (χ3v) is 5.49. The lowest BCUT2D eigenvalue weighted by Crippen LogP contribution is -2.08. The molecule has 0 radical (unpaired) electrons. The molecule has 110 valence electrons. The highest BCUT2D eigenvalue weighted by Crippen LogP contribution is 2.35. The molecule has 6 heteroatoms. The maximum atomic E-state index is 13.7. The molecule has 0 saturated carbocycles. The number of benzene rings is 2. The molecule has 2 aromatic rings. The lowest BCUT2D eigenvalue weighted by molar-refractivity contribution is 0.354. The molecule has 0 atom stereocenters. The average molecular weight is 371 g/mol. The van der Waals surface area contributed by atoms with Crippen LogP contribution in [0.1, 0.15) is 11.1 Å². The number of hydrogen-bond donors (Lipinski definition) is 0. The standard InChI is InChI=1S/C15H12BrFO3S/c16-12-7-10-5-6-20-15(10)11(8-12)9-21(18,19)14-4-2-1-3-13(14)17/h1-4,7-8H,5-6,9H2. The third kappa shape index (κ3) is 2.82. The van der Waals surface area contributed by atoms with E-state index < -0.39 is 15.7 Å². The summed E-state index contributed by atoms with van der Waals surface area (Å²) in [6.45, 7) is 0.540. The van der Waals surface area contributed by atoms with Crippen LogP contribution in [0.15, 0.2) is 45.8 Å². The highest BCUT2D eigenvalue weighted by Gasteiger charge is 2.24. The maximum absolute atomic E-state index is 13.7. The van der Waals surface area contributed by atoms with Gasteiger partial charge in [0, 0.05) is 16.5 Å². The summed E-state index contributed by atoms with van der Waals surface area (Å²) in [6, 6.07) is 9.04. The third-order valence-electron chi connectivity index (χ3n) is 3.34. The van der Waals surface area contributed by atoms with Gasteiger partial charge in [-0.25, -0.2) is 12.8 Å². The molecular formula is C15H12BrFO3S. The predicted molar refractivity (Wildman–Crippen MR) is 80.6 cm³/mol. The van der Waals surface area contributed by atoms with E-state index in [1.807, 2.05) is 6.07 Å². The molecule has 0 spiro atoms. The Kier molecular flexibility index (Phi) is 3.75. The molecule has 0 unspecified atom stereocenters. The molecule has 3 nitrogen and oxygen atoms in total. The topological polar surface area (TPSA) is 43.4 Å². The normalized spacial score (nSPS) is 13.8. The first-order valence-corrected chi connectivity index (χ1v) is 8.83. The van der Waals surface area contributed by atoms with Gasteiger partial charge in [-0.3, -0.25) is 0 Å². The number of hydrogen-bond acceptors (Lipinski definition) is 3. The first-order chi connectivity index (χ1) is 9.97. The van der Waals surface area contributed by atoms with E-state index in [0.29, 0.717) is 17.9 Å². The van der Waals surface area contributed by atoms with Crippen molar-refractivity contribution in [2.75, 3.05) is 6.61 Å². The van der Waals surface area contributed by atoms with Gasteiger partial charge in [-0.15, -0.1) is 0 Å². The zero-order valence-electron chi connectivity index (χ0n) is 11.0. The Morgan fingerprint density at radius 1 is 1.24 bits per heavy atom. The van der Waals surface area contributed by atoms with Crippen molar-refractivity contribution in [2.24, 2.45) is 0 Å². The van der Waals surface area contributed by atoms with Crippen LogP contribution in [0.5, 0.6) is 5.75 Å². The second-order valence-electron chi connectivity index (χ2n) is 4.84. The smallest absolute Gasteiger partial charge is 0.185 e. The Morgan fingerprint density at radius 3 is 2.76 bits per heavy atom. The van der Waals surface area contributed by atoms with E-state index in [4.69, 9.17) is 4.74 Å². The quantitative estimate of drug-likeness (QED) is 0.830. The number of halogens is 2. The van der Waals surface area contributed by atoms with Gasteiger partial charge in [-0.05, 0) is 29.8 Å². The first kappa shape index (κ1) is 14.5. The highest BCUT2D eigenvalue weighted by molar-refractivity contribution is 9.10. The van der Waals surface area contributed by atoms with Gasteiger partial charge in [0.2, 0.25) is 0 Å². The fourth-order valence-electron chi connectivity index (χ4n) is 2.43. The van der Waals surface area contributed by atoms with Crippen molar-refractivity contribution in [3.8, 4) is 5.75 Å². The van der Waals surface area contributed by atoms with E-state index in [9.17, 15) is 12.8 Å². The minimum absolute atomic E-state index is 0.281. The molecule has 0 amide bonds. The van der Waals surface area contributed by atoms with Crippen LogP contribution >= 0.6 is 15.9 Å². The molecule has 0 saturated heterocycles. The minimum Gasteiger partial charge on any atom is -0.493 e. The van der Waals surface area contributed by atoms with Gasteiger partial charge in [0.25, 0.3) is 0 Å². The zero-order chi connectivity index (χ0) is 15.0. The van der Waals surface area contributed by atoms with Crippen molar-refractivity contribution >= 4 is 25.8 Å². The molecule has 0 bridgehead atoms. The fraction of sp³-hybridized carbons (Fsp3) is 0.200. The summed E-state index contributed by atoms with van der Waals surface area (Å²) in [6.07, 6.45) is 0.752. The summed E-state index contributed by atoms with van der Waals surface area (Å²) < 4.78 is 44.9. The fourth-order valence-corrected chi connectivity index (χ4v) is 4.42. The van der Waals surface area contributed by atoms with Gasteiger partial charge < -0.3 is 4.74 Å². The van der Waals surface area contributed by atoms with Crippen molar-refractivity contribution < 1.29 is 17.5 Å². The van der Waals surface area contributed by atoms with E-state index in [1.54, 1.807) is 6.07 Å². The molecule has 21 heavy (non-hydrogen) atoms. The molecular weight excluding hydrogens is 359 g/mol. The van der Waals surface area contributed by atoms with E-state index in [2.05, 4.69) is 15.9 Å². The van der Waals surface area contributed by atoms with Crippen molar-refractivity contribution in [3.05, 3.63) is 57.8 Å². The largest absolute Gasteiger partial charge is 0.493 e. The van der Waals surface area contributed by atoms with Crippen LogP contribution in [-0.4, -0.2) is 15.0 Å². The van der Waals surface area contributed by atoms with Crippen LogP contribution in [0.25, 0.3) is 0 Å². The SMILES string of the molecule is O=S(=O)(Cc1cc(Br)cc2c1OCC2)c1ccccc1F. The summed E-state index contributed by atoms with van der Waals surface area (Å²) in [5.74, 6) is -0.404. The van der Waals surface area contributed by atoms with Gasteiger partial charge in [0.05, 0.1) is 12.4 Å². The Balaban J connectivity index is 2.03. The van der Waals surface area contributed by atoms with Crippen molar-refractivity contribution in [1.82, 2.24) is 0 Å². The Labute approximate surface area is 130 Å². The molecule has 1 aliphatic rings. The molecule has 0 fully saturated rings. The van der Waals surface area contributed by atoms with Gasteiger partial charge in [-0.2, -0.15) is 0 Å². The Bertz CT molecular complexity index is 803. The second-order valence-corrected chi connectivity index (χ2v) is 7.71. The number of sulfone groups is 1. The van der Waals surface area contributed by atoms with Crippen LogP contribution in [0.4, 0.5) is 4.39 Å². The summed E-state index contributed by atoms with van der Waals surface area (Å²) >= 11 is 3.37. The van der Waals surface area contributed by atoms with Gasteiger partial charge >= 0.3 is 0 Å². The van der Waals surface area contributed by atoms with Gasteiger partial charge in [0.15, 0.2) is 9.84 Å². The van der Waals surface area contributed by atoms with Crippen LogP contribution in [0, 0.1) is 5.82 Å². The van der Waals surface area contributed by atoms with Gasteiger partial charge in [-0.1, -0.05) is 28.1 Å². The zero-order valence-corrected chi connectivity index (χ0v) is 13.4. The highest BCUT2D eigenvalue weighted by atomic mass is 79.9. The van der Waals surface area contributed by atoms with Crippen LogP contribution in [0.3, 0.4) is 0 Å². The second kappa shape index (κ2) is 5.42. The molecule has 1 aliphatic heterocycles. The van der Waals surface area contributed by atoms with Crippen molar-refractivity contribution in [3.63, 3.8) is 0 Å². The molecule has 2 aromatic carbocycles. The van der Waals surface area contributed by atoms with Crippen LogP contribution in [-0.2, 0) is 22.0 Å². The van der Waals surface area contributed by atoms with Crippen molar-refractivity contribution in [1.29, 1.82) is 0 Å². The maximum Gasteiger partial charge on any atom is 0.185 e. The van der Waals surface area contributed by atoms with E-state index in [-0.39, 0.29) is 10.6 Å². The summed E-state index contributed by atoms with van der Waals surface area (Å²) in [4.78, 5) is -0.281. The molecule has 1 heterocycles. The lowest BCUT2D eigenvalue weighted by Gasteiger charge is -2.10. The molecule has 0 N–H and O–H groups in total. The van der Waals surface area contributed by atoms with E-state index in [0.717, 1.165) is 22.5 Å². The average Bonchev–Trinajstić information content (AvgIpc) is 2.86. The number of ether oxygens (including phenoxy) is 1. The first-order valence-electron chi connectivity index (χ1n) is 6.39. The number of rotatable bonds is 3. The Hall–Kier alpha value is -1.40. The monoisotopic (exact) mass is 370 g/mol. The summed E-state index contributed by atoms with van der Waals surface area (Å²) in [7, 11) is -3.76. The number of fused-ring (bicyclic) bond motifs is 1. The molecule has 0 aromatic heterocycles. The minimum atomic E-state index is -3.76. The molecule has 3 rings (SSSR count). The van der Waals surface area contributed by atoms with E-state index in [1.165, 1.54) is 18.2 Å². The molecule has 0 aliphatic carbocycles. The predicted octanol–water partition coefficient (Wildman–Crippen LogP) is 3.50. The summed E-state index contributed by atoms with van der Waals surface area (Å²) in [5, 5.41) is 0. The lowest BCUT2D eigenvalue weighted by atomic mass is 10.1. The van der Waals surface area contributed by atoms with Crippen LogP contribution < -0.4 is 4.74 Å².